The number of ether oxygens (including phenoxy) is 1. The Morgan fingerprint density at radius 3 is 2.37 bits per heavy atom. The molecule has 2 N–H and O–H groups in total. The van der Waals surface area contributed by atoms with Gasteiger partial charge in [-0.15, -0.1) is 0 Å². The lowest BCUT2D eigenvalue weighted by atomic mass is 10.2. The average Bonchev–Trinajstić information content (AvgIpc) is 2.47. The van der Waals surface area contributed by atoms with E-state index in [1.165, 1.54) is 0 Å². The van der Waals surface area contributed by atoms with Crippen LogP contribution in [0.5, 0.6) is 11.5 Å². The molecule has 0 radical (unpaired) electrons. The second kappa shape index (κ2) is 6.25. The van der Waals surface area contributed by atoms with Crippen LogP contribution >= 0.6 is 0 Å². The number of nitrogens with zero attached hydrogens (tertiary/aromatic N) is 1. The average molecular weight is 256 g/mol. The maximum absolute atomic E-state index is 5.94. The monoisotopic (exact) mass is 256 g/mol. The first-order valence-electron chi connectivity index (χ1n) is 6.47. The molecule has 2 rings (SSSR count). The smallest absolute Gasteiger partial charge is 0.150 e. The lowest BCUT2D eigenvalue weighted by molar-refractivity contribution is 0.480. The second-order valence-electron chi connectivity index (χ2n) is 4.58. The molecular formula is C16H20N2O. The molecule has 0 saturated heterocycles. The molecule has 0 aliphatic rings. The summed E-state index contributed by atoms with van der Waals surface area (Å²) in [6.07, 6.45) is 0. The molecule has 0 heterocycles. The Labute approximate surface area is 114 Å². The van der Waals surface area contributed by atoms with Crippen LogP contribution < -0.4 is 15.4 Å². The lowest BCUT2D eigenvalue weighted by Crippen LogP contribution is -2.35. The molecule has 0 spiro atoms. The molecular weight excluding hydrogens is 236 g/mol. The highest BCUT2D eigenvalue weighted by molar-refractivity contribution is 5.59. The van der Waals surface area contributed by atoms with Crippen molar-refractivity contribution in [3.05, 3.63) is 54.6 Å². The van der Waals surface area contributed by atoms with E-state index in [-0.39, 0.29) is 6.04 Å². The molecule has 2 aromatic carbocycles. The fourth-order valence-electron chi connectivity index (χ4n) is 1.85. The molecule has 0 aromatic heterocycles. The highest BCUT2D eigenvalue weighted by Crippen LogP contribution is 2.32. The van der Waals surface area contributed by atoms with Gasteiger partial charge in [0.05, 0.1) is 5.69 Å². The van der Waals surface area contributed by atoms with Crippen molar-refractivity contribution < 1.29 is 4.74 Å². The molecule has 0 fully saturated rings. The van der Waals surface area contributed by atoms with Gasteiger partial charge in [-0.25, -0.2) is 0 Å². The predicted molar refractivity (Wildman–Crippen MR) is 79.9 cm³/mol. The van der Waals surface area contributed by atoms with Crippen molar-refractivity contribution in [1.29, 1.82) is 0 Å². The Bertz CT molecular complexity index is 513. The van der Waals surface area contributed by atoms with Gasteiger partial charge in [-0.3, -0.25) is 0 Å². The van der Waals surface area contributed by atoms with Crippen LogP contribution in [-0.4, -0.2) is 19.6 Å². The normalized spacial score (nSPS) is 11.9. The van der Waals surface area contributed by atoms with Crippen LogP contribution in [0.15, 0.2) is 54.6 Å². The number of hydrogen-bond donors (Lipinski definition) is 1. The van der Waals surface area contributed by atoms with Crippen LogP contribution in [-0.2, 0) is 0 Å². The van der Waals surface area contributed by atoms with E-state index >= 15 is 0 Å². The fourth-order valence-corrected chi connectivity index (χ4v) is 1.85. The zero-order valence-electron chi connectivity index (χ0n) is 11.4. The van der Waals surface area contributed by atoms with Crippen LogP contribution in [0.4, 0.5) is 5.69 Å². The maximum Gasteiger partial charge on any atom is 0.150 e. The summed E-state index contributed by atoms with van der Waals surface area (Å²) in [5.41, 5.74) is 6.78. The van der Waals surface area contributed by atoms with Gasteiger partial charge in [0.15, 0.2) is 5.75 Å². The maximum atomic E-state index is 5.94. The van der Waals surface area contributed by atoms with Gasteiger partial charge in [0.25, 0.3) is 0 Å². The van der Waals surface area contributed by atoms with Crippen molar-refractivity contribution in [3.63, 3.8) is 0 Å². The van der Waals surface area contributed by atoms with E-state index in [1.807, 2.05) is 61.6 Å². The number of likely N-dealkylation sites (N-methyl/N-ethyl adjacent to an activating group) is 1. The second-order valence-corrected chi connectivity index (χ2v) is 4.58. The number of benzene rings is 2. The van der Waals surface area contributed by atoms with Crippen molar-refractivity contribution >= 4 is 5.69 Å². The van der Waals surface area contributed by atoms with Gasteiger partial charge < -0.3 is 15.4 Å². The lowest BCUT2D eigenvalue weighted by Gasteiger charge is -2.27. The van der Waals surface area contributed by atoms with Crippen molar-refractivity contribution in [2.75, 3.05) is 18.5 Å². The number of para-hydroxylation sites is 3. The highest BCUT2D eigenvalue weighted by atomic mass is 16.5. The molecule has 0 aliphatic heterocycles. The van der Waals surface area contributed by atoms with Crippen LogP contribution in [0.25, 0.3) is 0 Å². The van der Waals surface area contributed by atoms with Crippen molar-refractivity contribution in [2.24, 2.45) is 5.73 Å². The largest absolute Gasteiger partial charge is 0.455 e. The SMILES string of the molecule is CC(CN)N(C)c1ccccc1Oc1ccccc1. The van der Waals surface area contributed by atoms with E-state index in [0.29, 0.717) is 6.54 Å². The van der Waals surface area contributed by atoms with Crippen LogP contribution in [0, 0.1) is 0 Å². The van der Waals surface area contributed by atoms with Gasteiger partial charge in [0, 0.05) is 19.6 Å². The molecule has 100 valence electrons. The van der Waals surface area contributed by atoms with E-state index in [2.05, 4.69) is 11.8 Å². The van der Waals surface area contributed by atoms with Crippen molar-refractivity contribution in [1.82, 2.24) is 0 Å². The summed E-state index contributed by atoms with van der Waals surface area (Å²) in [6.45, 7) is 2.70. The molecule has 0 saturated carbocycles. The zero-order valence-corrected chi connectivity index (χ0v) is 11.4. The van der Waals surface area contributed by atoms with E-state index in [9.17, 15) is 0 Å². The van der Waals surface area contributed by atoms with Crippen molar-refractivity contribution in [2.45, 2.75) is 13.0 Å². The van der Waals surface area contributed by atoms with Crippen LogP contribution in [0.3, 0.4) is 0 Å². The molecule has 0 bridgehead atoms. The minimum atomic E-state index is 0.264. The topological polar surface area (TPSA) is 38.5 Å². The first-order valence-corrected chi connectivity index (χ1v) is 6.47. The third kappa shape index (κ3) is 3.26. The van der Waals surface area contributed by atoms with E-state index in [0.717, 1.165) is 17.2 Å². The third-order valence-electron chi connectivity index (χ3n) is 3.22. The summed E-state index contributed by atoms with van der Waals surface area (Å²) in [5, 5.41) is 0. The Kier molecular flexibility index (Phi) is 4.42. The molecule has 1 atom stereocenters. The molecule has 19 heavy (non-hydrogen) atoms. The Morgan fingerprint density at radius 2 is 1.68 bits per heavy atom. The summed E-state index contributed by atoms with van der Waals surface area (Å²) in [7, 11) is 2.03. The quantitative estimate of drug-likeness (QED) is 0.892. The summed E-state index contributed by atoms with van der Waals surface area (Å²) >= 11 is 0. The molecule has 0 aliphatic carbocycles. The minimum Gasteiger partial charge on any atom is -0.455 e. The fraction of sp³-hybridized carbons (Fsp3) is 0.250. The molecule has 3 heteroatoms. The first kappa shape index (κ1) is 13.4. The highest BCUT2D eigenvalue weighted by Gasteiger charge is 2.13. The summed E-state index contributed by atoms with van der Waals surface area (Å²) in [5.74, 6) is 1.68. The van der Waals surface area contributed by atoms with Gasteiger partial charge in [-0.1, -0.05) is 30.3 Å². The van der Waals surface area contributed by atoms with Gasteiger partial charge >= 0.3 is 0 Å². The zero-order chi connectivity index (χ0) is 13.7. The first-order chi connectivity index (χ1) is 9.22. The molecule has 2 aromatic rings. The molecule has 3 nitrogen and oxygen atoms in total. The van der Waals surface area contributed by atoms with Crippen LogP contribution in [0.1, 0.15) is 6.92 Å². The van der Waals surface area contributed by atoms with Gasteiger partial charge in [0.1, 0.15) is 5.75 Å². The summed E-state index contributed by atoms with van der Waals surface area (Å²) in [4.78, 5) is 2.14. The Balaban J connectivity index is 2.26. The molecule has 0 amide bonds. The van der Waals surface area contributed by atoms with Gasteiger partial charge in [-0.2, -0.15) is 0 Å². The number of rotatable bonds is 5. The minimum absolute atomic E-state index is 0.264. The summed E-state index contributed by atoms with van der Waals surface area (Å²) < 4.78 is 5.94. The number of hydrogen-bond acceptors (Lipinski definition) is 3. The molecule has 1 unspecified atom stereocenters. The van der Waals surface area contributed by atoms with E-state index in [4.69, 9.17) is 10.5 Å². The van der Waals surface area contributed by atoms with E-state index in [1.54, 1.807) is 0 Å². The standard InChI is InChI=1S/C16H20N2O/c1-13(12-17)18(2)15-10-6-7-11-16(15)19-14-8-4-3-5-9-14/h3-11,13H,12,17H2,1-2H3. The predicted octanol–water partition coefficient (Wildman–Crippen LogP) is 3.26. The Morgan fingerprint density at radius 1 is 1.05 bits per heavy atom. The van der Waals surface area contributed by atoms with E-state index < -0.39 is 0 Å². The Hall–Kier alpha value is -2.00. The third-order valence-corrected chi connectivity index (χ3v) is 3.22. The van der Waals surface area contributed by atoms with Gasteiger partial charge in [-0.05, 0) is 31.2 Å². The number of anilines is 1. The van der Waals surface area contributed by atoms with Gasteiger partial charge in [0.2, 0.25) is 0 Å². The number of nitrogens with two attached hydrogens (primary N) is 1. The summed E-state index contributed by atoms with van der Waals surface area (Å²) in [6, 6.07) is 18.1. The van der Waals surface area contributed by atoms with Crippen molar-refractivity contribution in [3.8, 4) is 11.5 Å². The van der Waals surface area contributed by atoms with Crippen LogP contribution in [0.2, 0.25) is 0 Å².